The number of rotatable bonds is 6. The van der Waals surface area contributed by atoms with Crippen LogP contribution in [0.3, 0.4) is 0 Å². The number of anilines is 2. The smallest absolute Gasteiger partial charge is 0.417 e. The van der Waals surface area contributed by atoms with E-state index in [0.717, 1.165) is 25.0 Å². The van der Waals surface area contributed by atoms with Gasteiger partial charge in [0.25, 0.3) is 5.91 Å². The van der Waals surface area contributed by atoms with Crippen molar-refractivity contribution >= 4 is 29.0 Å². The van der Waals surface area contributed by atoms with E-state index in [4.69, 9.17) is 4.74 Å². The molecular formula is C25H19F3N4O3. The summed E-state index contributed by atoms with van der Waals surface area (Å²) >= 11 is 0. The van der Waals surface area contributed by atoms with Gasteiger partial charge in [-0.2, -0.15) is 13.2 Å². The van der Waals surface area contributed by atoms with Crippen molar-refractivity contribution in [1.29, 1.82) is 0 Å². The maximum Gasteiger partial charge on any atom is 0.417 e. The highest BCUT2D eigenvalue weighted by Crippen LogP contribution is 2.33. The molecule has 2 aromatic heterocycles. The molecule has 0 bridgehead atoms. The van der Waals surface area contributed by atoms with Crippen LogP contribution in [-0.2, 0) is 11.0 Å². The topological polar surface area (TPSA) is 84.7 Å². The second-order valence-electron chi connectivity index (χ2n) is 8.15. The molecule has 7 nitrogen and oxygen atoms in total. The molecule has 2 heterocycles. The Morgan fingerprint density at radius 3 is 2.51 bits per heavy atom. The van der Waals surface area contributed by atoms with E-state index in [0.29, 0.717) is 23.0 Å². The first-order chi connectivity index (χ1) is 16.8. The Kier molecular flexibility index (Phi) is 5.64. The monoisotopic (exact) mass is 480 g/mol. The minimum atomic E-state index is -4.65. The molecule has 1 fully saturated rings. The average molecular weight is 480 g/mol. The lowest BCUT2D eigenvalue weighted by atomic mass is 10.1. The van der Waals surface area contributed by atoms with Crippen LogP contribution in [0.5, 0.6) is 11.5 Å². The number of fused-ring (bicyclic) bond motifs is 1. The van der Waals surface area contributed by atoms with Crippen molar-refractivity contribution in [3.05, 3.63) is 84.2 Å². The van der Waals surface area contributed by atoms with E-state index >= 15 is 0 Å². The van der Waals surface area contributed by atoms with Crippen molar-refractivity contribution in [2.45, 2.75) is 19.0 Å². The van der Waals surface area contributed by atoms with Crippen molar-refractivity contribution in [1.82, 2.24) is 9.38 Å². The number of amides is 2. The van der Waals surface area contributed by atoms with Gasteiger partial charge in [0, 0.05) is 17.7 Å². The standard InChI is InChI=1S/C25H19F3N4O3/c26-25(27,28)20-7-2-1-6-19(20)24(34)29-16-4-3-5-17(12-16)35-18-10-11-22-30-21(14-32(22)13-18)31-23(33)15-8-9-15/h1-7,10-15H,8-9H2,(H,29,34)(H,31,33). The van der Waals surface area contributed by atoms with Crippen LogP contribution in [0.15, 0.2) is 73.1 Å². The predicted molar refractivity (Wildman–Crippen MR) is 122 cm³/mol. The number of imidazole rings is 1. The Balaban J connectivity index is 1.30. The molecule has 5 rings (SSSR count). The first kappa shape index (κ1) is 22.5. The number of hydrogen-bond acceptors (Lipinski definition) is 4. The minimum absolute atomic E-state index is 0.0402. The fourth-order valence-corrected chi connectivity index (χ4v) is 3.57. The van der Waals surface area contributed by atoms with Crippen molar-refractivity contribution in [2.75, 3.05) is 10.6 Å². The molecule has 4 aromatic rings. The third kappa shape index (κ3) is 5.11. The minimum Gasteiger partial charge on any atom is -0.456 e. The van der Waals surface area contributed by atoms with E-state index in [9.17, 15) is 22.8 Å². The van der Waals surface area contributed by atoms with Crippen LogP contribution in [0.4, 0.5) is 24.7 Å². The van der Waals surface area contributed by atoms with Crippen molar-refractivity contribution in [3.63, 3.8) is 0 Å². The van der Waals surface area contributed by atoms with E-state index in [2.05, 4.69) is 15.6 Å². The van der Waals surface area contributed by atoms with Gasteiger partial charge in [0.15, 0.2) is 5.82 Å². The van der Waals surface area contributed by atoms with Crippen molar-refractivity contribution in [3.8, 4) is 11.5 Å². The average Bonchev–Trinajstić information content (AvgIpc) is 3.59. The number of ether oxygens (including phenoxy) is 1. The Hall–Kier alpha value is -4.34. The molecular weight excluding hydrogens is 461 g/mol. The van der Waals surface area contributed by atoms with Gasteiger partial charge in [-0.25, -0.2) is 4.98 Å². The van der Waals surface area contributed by atoms with Crippen LogP contribution in [0, 0.1) is 5.92 Å². The highest BCUT2D eigenvalue weighted by molar-refractivity contribution is 6.05. The molecule has 35 heavy (non-hydrogen) atoms. The van der Waals surface area contributed by atoms with Crippen LogP contribution in [0.2, 0.25) is 0 Å². The molecule has 1 saturated carbocycles. The molecule has 0 radical (unpaired) electrons. The van der Waals surface area contributed by atoms with Gasteiger partial charge in [-0.3, -0.25) is 9.59 Å². The third-order valence-electron chi connectivity index (χ3n) is 5.43. The van der Waals surface area contributed by atoms with Crippen LogP contribution >= 0.6 is 0 Å². The fraction of sp³-hybridized carbons (Fsp3) is 0.160. The quantitative estimate of drug-likeness (QED) is 0.368. The summed E-state index contributed by atoms with van der Waals surface area (Å²) in [5.41, 5.74) is -0.584. The first-order valence-electron chi connectivity index (χ1n) is 10.8. The molecule has 2 N–H and O–H groups in total. The molecule has 178 valence electrons. The number of pyridine rings is 1. The lowest BCUT2D eigenvalue weighted by molar-refractivity contribution is -0.137. The van der Waals surface area contributed by atoms with E-state index in [1.165, 1.54) is 18.2 Å². The highest BCUT2D eigenvalue weighted by atomic mass is 19.4. The number of hydrogen-bond donors (Lipinski definition) is 2. The maximum atomic E-state index is 13.2. The van der Waals surface area contributed by atoms with Gasteiger partial charge in [0.1, 0.15) is 17.1 Å². The van der Waals surface area contributed by atoms with Gasteiger partial charge >= 0.3 is 6.18 Å². The molecule has 10 heteroatoms. The van der Waals surface area contributed by atoms with E-state index in [-0.39, 0.29) is 17.5 Å². The summed E-state index contributed by atoms with van der Waals surface area (Å²) in [5.74, 6) is 0.420. The van der Waals surface area contributed by atoms with Gasteiger partial charge in [-0.05, 0) is 49.2 Å². The molecule has 2 aromatic carbocycles. The zero-order valence-corrected chi connectivity index (χ0v) is 18.2. The molecule has 0 saturated heterocycles. The van der Waals surface area contributed by atoms with Crippen LogP contribution in [0.25, 0.3) is 5.65 Å². The van der Waals surface area contributed by atoms with Crippen molar-refractivity contribution < 1.29 is 27.5 Å². The lowest BCUT2D eigenvalue weighted by Gasteiger charge is -2.13. The maximum absolute atomic E-state index is 13.2. The summed E-state index contributed by atoms with van der Waals surface area (Å²) in [6.45, 7) is 0. The fourth-order valence-electron chi connectivity index (χ4n) is 3.57. The number of aromatic nitrogens is 2. The van der Waals surface area contributed by atoms with Crippen LogP contribution < -0.4 is 15.4 Å². The highest BCUT2D eigenvalue weighted by Gasteiger charge is 2.35. The summed E-state index contributed by atoms with van der Waals surface area (Å²) in [4.78, 5) is 28.8. The third-order valence-corrected chi connectivity index (χ3v) is 5.43. The van der Waals surface area contributed by atoms with Crippen LogP contribution in [0.1, 0.15) is 28.8 Å². The van der Waals surface area contributed by atoms with E-state index < -0.39 is 23.2 Å². The summed E-state index contributed by atoms with van der Waals surface area (Å²) in [6, 6.07) is 14.3. The summed E-state index contributed by atoms with van der Waals surface area (Å²) in [7, 11) is 0. The van der Waals surface area contributed by atoms with Gasteiger partial charge in [-0.15, -0.1) is 0 Å². The van der Waals surface area contributed by atoms with E-state index in [1.807, 2.05) is 0 Å². The van der Waals surface area contributed by atoms with Gasteiger partial charge < -0.3 is 19.8 Å². The largest absolute Gasteiger partial charge is 0.456 e. The Morgan fingerprint density at radius 2 is 1.74 bits per heavy atom. The van der Waals surface area contributed by atoms with Gasteiger partial charge in [-0.1, -0.05) is 18.2 Å². The Bertz CT molecular complexity index is 1430. The van der Waals surface area contributed by atoms with Crippen molar-refractivity contribution in [2.24, 2.45) is 5.92 Å². The SMILES string of the molecule is O=C(Nc1cccc(Oc2ccc3nc(NC(=O)C4CC4)cn3c2)c1)c1ccccc1C(F)(F)F. The number of nitrogens with one attached hydrogen (secondary N) is 2. The lowest BCUT2D eigenvalue weighted by Crippen LogP contribution is -2.18. The first-order valence-corrected chi connectivity index (χ1v) is 10.8. The predicted octanol–water partition coefficient (Wildman–Crippen LogP) is 5.75. The molecule has 0 aliphatic heterocycles. The molecule has 0 spiro atoms. The number of alkyl halides is 3. The molecule has 0 atom stereocenters. The number of halogens is 3. The van der Waals surface area contributed by atoms with Gasteiger partial charge in [0.05, 0.1) is 23.5 Å². The molecule has 1 aliphatic rings. The molecule has 0 unspecified atom stereocenters. The molecule has 2 amide bonds. The number of carbonyl (C=O) groups excluding carboxylic acids is 2. The zero-order valence-electron chi connectivity index (χ0n) is 18.2. The summed E-state index contributed by atoms with van der Waals surface area (Å²) in [6.07, 6.45) is 0.500. The Labute approximate surface area is 197 Å². The summed E-state index contributed by atoms with van der Waals surface area (Å²) in [5, 5.41) is 5.28. The number of benzene rings is 2. The number of nitrogens with zero attached hydrogens (tertiary/aromatic N) is 2. The van der Waals surface area contributed by atoms with Gasteiger partial charge in [0.2, 0.25) is 5.91 Å². The normalized spacial score (nSPS) is 13.5. The Morgan fingerprint density at radius 1 is 0.943 bits per heavy atom. The zero-order chi connectivity index (χ0) is 24.6. The second kappa shape index (κ2) is 8.79. The summed E-state index contributed by atoms with van der Waals surface area (Å²) < 4.78 is 47.3. The van der Waals surface area contributed by atoms with E-state index in [1.54, 1.807) is 47.1 Å². The molecule has 1 aliphatic carbocycles. The number of carbonyl (C=O) groups is 2. The van der Waals surface area contributed by atoms with Crippen LogP contribution in [-0.4, -0.2) is 21.2 Å². The second-order valence-corrected chi connectivity index (χ2v) is 8.15.